The molecule has 23 heavy (non-hydrogen) atoms. The van der Waals surface area contributed by atoms with Gasteiger partial charge < -0.3 is 14.8 Å². The average molecular weight is 366 g/mol. The number of rotatable bonds is 6. The molecule has 0 atom stereocenters. The Bertz CT molecular complexity index is 789. The van der Waals surface area contributed by atoms with Gasteiger partial charge in [0.25, 0.3) is 0 Å². The first-order chi connectivity index (χ1) is 11.1. The van der Waals surface area contributed by atoms with Gasteiger partial charge in [0.2, 0.25) is 0 Å². The Kier molecular flexibility index (Phi) is 5.09. The van der Waals surface area contributed by atoms with Crippen LogP contribution in [-0.4, -0.2) is 35.7 Å². The molecule has 3 rings (SSSR count). The van der Waals surface area contributed by atoms with Crippen LogP contribution in [-0.2, 0) is 6.54 Å². The molecule has 0 radical (unpaired) electrons. The largest absolute Gasteiger partial charge is 0.508 e. The minimum Gasteiger partial charge on any atom is -0.508 e. The van der Waals surface area contributed by atoms with Crippen molar-refractivity contribution in [1.82, 2.24) is 19.7 Å². The molecule has 2 aromatic heterocycles. The van der Waals surface area contributed by atoms with Crippen molar-refractivity contribution in [3.63, 3.8) is 0 Å². The van der Waals surface area contributed by atoms with Crippen LogP contribution in [0.3, 0.4) is 0 Å². The van der Waals surface area contributed by atoms with Gasteiger partial charge in [-0.3, -0.25) is 0 Å². The van der Waals surface area contributed by atoms with E-state index in [0.29, 0.717) is 10.5 Å². The monoisotopic (exact) mass is 366 g/mol. The Morgan fingerprint density at radius 3 is 2.78 bits per heavy atom. The molecule has 0 fully saturated rings. The van der Waals surface area contributed by atoms with E-state index >= 15 is 0 Å². The van der Waals surface area contributed by atoms with Crippen LogP contribution in [0, 0.1) is 6.92 Å². The van der Waals surface area contributed by atoms with Gasteiger partial charge in [0.15, 0.2) is 8.68 Å². The fraction of sp³-hybridized carbons (Fsp3) is 0.214. The lowest BCUT2D eigenvalue weighted by molar-refractivity contribution is 0.446. The molecule has 2 N–H and O–H groups in total. The van der Waals surface area contributed by atoms with Crippen LogP contribution < -0.4 is 0 Å². The Morgan fingerprint density at radius 1 is 1.17 bits per heavy atom. The lowest BCUT2D eigenvalue weighted by atomic mass is 10.2. The first-order valence-corrected chi connectivity index (χ1v) is 9.36. The second-order valence-corrected chi connectivity index (χ2v) is 8.30. The van der Waals surface area contributed by atoms with Crippen LogP contribution in [0.4, 0.5) is 0 Å². The van der Waals surface area contributed by atoms with Crippen LogP contribution in [0.1, 0.15) is 5.56 Å². The lowest BCUT2D eigenvalue weighted by Crippen LogP contribution is -1.96. The third-order valence-electron chi connectivity index (χ3n) is 3.00. The summed E-state index contributed by atoms with van der Waals surface area (Å²) in [5.74, 6) is 1.17. The molecule has 0 unspecified atom stereocenters. The molecule has 0 bridgehead atoms. The highest BCUT2D eigenvalue weighted by Crippen LogP contribution is 2.40. The van der Waals surface area contributed by atoms with Crippen molar-refractivity contribution in [2.24, 2.45) is 0 Å². The van der Waals surface area contributed by atoms with Gasteiger partial charge in [-0.15, -0.1) is 10.2 Å². The first-order valence-electron chi connectivity index (χ1n) is 6.74. The zero-order valence-corrected chi connectivity index (χ0v) is 14.7. The summed E-state index contributed by atoms with van der Waals surface area (Å²) in [7, 11) is 0. The molecule has 120 valence electrons. The maximum Gasteiger partial charge on any atom is 0.180 e. The van der Waals surface area contributed by atoms with E-state index in [0.717, 1.165) is 21.0 Å². The topological polar surface area (TPSA) is 84.1 Å². The van der Waals surface area contributed by atoms with Crippen molar-refractivity contribution in [2.75, 3.05) is 5.75 Å². The summed E-state index contributed by atoms with van der Waals surface area (Å²) in [5.41, 5.74) is 0.639. The number of aryl methyl sites for hydroxylation is 2. The second-order valence-electron chi connectivity index (χ2n) is 4.69. The van der Waals surface area contributed by atoms with Crippen LogP contribution >= 0.6 is 34.9 Å². The molecule has 0 saturated heterocycles. The molecule has 0 aliphatic heterocycles. The number of benzene rings is 1. The van der Waals surface area contributed by atoms with Crippen molar-refractivity contribution in [1.29, 1.82) is 0 Å². The normalized spacial score (nSPS) is 11.0. The predicted octanol–water partition coefficient (Wildman–Crippen LogP) is 3.40. The number of hydrogen-bond donors (Lipinski definition) is 2. The number of aromatic hydroxyl groups is 2. The third-order valence-corrected chi connectivity index (χ3v) is 6.13. The molecule has 2 heterocycles. The van der Waals surface area contributed by atoms with Gasteiger partial charge >= 0.3 is 0 Å². The number of imidazole rings is 1. The SMILES string of the molecule is Cc1cc(O)c(Sc2nnc(SCCn3ccnc3)s2)cc1O. The van der Waals surface area contributed by atoms with Crippen molar-refractivity contribution >= 4 is 34.9 Å². The summed E-state index contributed by atoms with van der Waals surface area (Å²) < 4.78 is 3.62. The fourth-order valence-electron chi connectivity index (χ4n) is 1.79. The Morgan fingerprint density at radius 2 is 2.00 bits per heavy atom. The highest BCUT2D eigenvalue weighted by atomic mass is 32.2. The molecule has 3 aromatic rings. The number of phenols is 2. The molecular weight excluding hydrogens is 352 g/mol. The molecule has 0 aliphatic rings. The van der Waals surface area contributed by atoms with Crippen molar-refractivity contribution in [3.8, 4) is 11.5 Å². The number of thioether (sulfide) groups is 1. The van der Waals surface area contributed by atoms with Crippen LogP contribution in [0.2, 0.25) is 0 Å². The van der Waals surface area contributed by atoms with E-state index in [1.807, 2.05) is 10.8 Å². The summed E-state index contributed by atoms with van der Waals surface area (Å²) in [6, 6.07) is 3.09. The molecule has 0 aliphatic carbocycles. The summed E-state index contributed by atoms with van der Waals surface area (Å²) in [6.07, 6.45) is 5.47. The maximum absolute atomic E-state index is 9.94. The Labute approximate surface area is 145 Å². The minimum absolute atomic E-state index is 0.134. The predicted molar refractivity (Wildman–Crippen MR) is 91.5 cm³/mol. The lowest BCUT2D eigenvalue weighted by Gasteiger charge is -2.04. The number of hydrogen-bond acceptors (Lipinski definition) is 8. The zero-order valence-electron chi connectivity index (χ0n) is 12.2. The number of nitrogens with zero attached hydrogens (tertiary/aromatic N) is 4. The van der Waals surface area contributed by atoms with E-state index in [2.05, 4.69) is 15.2 Å². The molecule has 9 heteroatoms. The van der Waals surface area contributed by atoms with Crippen molar-refractivity contribution in [3.05, 3.63) is 36.4 Å². The highest BCUT2D eigenvalue weighted by Gasteiger charge is 2.12. The summed E-state index contributed by atoms with van der Waals surface area (Å²) in [5, 5.41) is 27.9. The van der Waals surface area contributed by atoms with Crippen LogP contribution in [0.25, 0.3) is 0 Å². The summed E-state index contributed by atoms with van der Waals surface area (Å²) in [6.45, 7) is 2.60. The smallest absolute Gasteiger partial charge is 0.180 e. The number of phenolic OH excluding ortho intramolecular Hbond substituents is 2. The van der Waals surface area contributed by atoms with Gasteiger partial charge in [0.05, 0.1) is 11.2 Å². The molecule has 0 amide bonds. The fourth-order valence-corrected chi connectivity index (χ4v) is 4.84. The van der Waals surface area contributed by atoms with E-state index in [1.54, 1.807) is 43.3 Å². The van der Waals surface area contributed by atoms with Crippen LogP contribution in [0.15, 0.2) is 44.4 Å². The maximum atomic E-state index is 9.94. The molecule has 0 spiro atoms. The quantitative estimate of drug-likeness (QED) is 0.511. The van der Waals surface area contributed by atoms with Gasteiger partial charge in [-0.2, -0.15) is 0 Å². The van der Waals surface area contributed by atoms with Gasteiger partial charge in [0.1, 0.15) is 11.5 Å². The molecule has 6 nitrogen and oxygen atoms in total. The van der Waals surface area contributed by atoms with Gasteiger partial charge in [0, 0.05) is 24.7 Å². The van der Waals surface area contributed by atoms with E-state index in [9.17, 15) is 10.2 Å². The molecule has 0 saturated carbocycles. The average Bonchev–Trinajstić information content (AvgIpc) is 3.17. The van der Waals surface area contributed by atoms with Gasteiger partial charge in [-0.1, -0.05) is 34.9 Å². The third kappa shape index (κ3) is 4.18. The minimum atomic E-state index is 0.134. The molecule has 1 aromatic carbocycles. The zero-order chi connectivity index (χ0) is 16.2. The Hall–Kier alpha value is -1.71. The summed E-state index contributed by atoms with van der Waals surface area (Å²) in [4.78, 5) is 4.57. The first kappa shape index (κ1) is 16.2. The van der Waals surface area contributed by atoms with E-state index < -0.39 is 0 Å². The van der Waals surface area contributed by atoms with Crippen molar-refractivity contribution in [2.45, 2.75) is 27.0 Å². The Balaban J connectivity index is 1.60. The van der Waals surface area contributed by atoms with Gasteiger partial charge in [-0.25, -0.2) is 4.98 Å². The second kappa shape index (κ2) is 7.24. The standard InChI is InChI=1S/C14H14N4O2S3/c1-9-6-11(20)12(7-10(9)19)22-14-17-16-13(23-14)21-5-4-18-3-2-15-8-18/h2-3,6-8,19-20H,4-5H2,1H3. The summed E-state index contributed by atoms with van der Waals surface area (Å²) >= 11 is 4.40. The highest BCUT2D eigenvalue weighted by molar-refractivity contribution is 8.03. The van der Waals surface area contributed by atoms with Gasteiger partial charge in [-0.05, 0) is 24.6 Å². The van der Waals surface area contributed by atoms with E-state index in [4.69, 9.17) is 0 Å². The molecular formula is C14H14N4O2S3. The van der Waals surface area contributed by atoms with Crippen LogP contribution in [0.5, 0.6) is 11.5 Å². The van der Waals surface area contributed by atoms with E-state index in [-0.39, 0.29) is 11.5 Å². The van der Waals surface area contributed by atoms with Crippen molar-refractivity contribution < 1.29 is 10.2 Å². The number of aromatic nitrogens is 4. The van der Waals surface area contributed by atoms with E-state index in [1.165, 1.54) is 23.1 Å².